The molecule has 1 heterocycles. The van der Waals surface area contributed by atoms with Crippen molar-refractivity contribution in [1.29, 1.82) is 0 Å². The molecular formula is C16H32N2S. The molecule has 0 radical (unpaired) electrons. The number of piperazine rings is 1. The highest BCUT2D eigenvalue weighted by molar-refractivity contribution is 7.99. The Labute approximate surface area is 124 Å². The summed E-state index contributed by atoms with van der Waals surface area (Å²) in [4.78, 5) is 2.86. The van der Waals surface area contributed by atoms with Crippen LogP contribution in [0.15, 0.2) is 0 Å². The van der Waals surface area contributed by atoms with Crippen LogP contribution in [0.1, 0.15) is 52.9 Å². The minimum absolute atomic E-state index is 0.516. The smallest absolute Gasteiger partial charge is 0.0334 e. The van der Waals surface area contributed by atoms with Gasteiger partial charge >= 0.3 is 0 Å². The fourth-order valence-corrected chi connectivity index (χ4v) is 4.35. The van der Waals surface area contributed by atoms with E-state index in [0.29, 0.717) is 11.6 Å². The van der Waals surface area contributed by atoms with Crippen molar-refractivity contribution in [3.05, 3.63) is 0 Å². The summed E-state index contributed by atoms with van der Waals surface area (Å²) in [7, 11) is 0. The van der Waals surface area contributed by atoms with Crippen LogP contribution in [-0.4, -0.2) is 47.6 Å². The van der Waals surface area contributed by atoms with Crippen molar-refractivity contribution >= 4 is 11.8 Å². The highest BCUT2D eigenvalue weighted by Crippen LogP contribution is 2.37. The molecule has 0 amide bonds. The quantitative estimate of drug-likeness (QED) is 0.753. The lowest BCUT2D eigenvalue weighted by Gasteiger charge is -2.49. The van der Waals surface area contributed by atoms with E-state index in [-0.39, 0.29) is 0 Å². The molecule has 1 saturated carbocycles. The summed E-state index contributed by atoms with van der Waals surface area (Å²) < 4.78 is 0. The Morgan fingerprint density at radius 3 is 2.68 bits per heavy atom. The molecule has 1 atom stereocenters. The molecule has 1 aliphatic heterocycles. The minimum Gasteiger partial charge on any atom is -0.311 e. The lowest BCUT2D eigenvalue weighted by Crippen LogP contribution is -2.64. The maximum absolute atomic E-state index is 3.84. The highest BCUT2D eigenvalue weighted by atomic mass is 32.2. The van der Waals surface area contributed by atoms with Crippen molar-refractivity contribution in [2.24, 2.45) is 5.92 Å². The first-order chi connectivity index (χ1) is 9.18. The van der Waals surface area contributed by atoms with Crippen molar-refractivity contribution < 1.29 is 0 Å². The molecule has 1 saturated heterocycles. The van der Waals surface area contributed by atoms with Crippen molar-refractivity contribution in [2.75, 3.05) is 31.1 Å². The molecule has 3 heteroatoms. The summed E-state index contributed by atoms with van der Waals surface area (Å²) >= 11 is 2.09. The van der Waals surface area contributed by atoms with E-state index in [4.69, 9.17) is 0 Å². The fraction of sp³-hybridized carbons (Fsp3) is 1.00. The van der Waals surface area contributed by atoms with Crippen LogP contribution in [-0.2, 0) is 0 Å². The molecule has 0 aromatic rings. The Hall–Kier alpha value is 0.270. The number of nitrogens with zero attached hydrogens (tertiary/aromatic N) is 1. The van der Waals surface area contributed by atoms with Crippen LogP contribution in [0.3, 0.4) is 0 Å². The summed E-state index contributed by atoms with van der Waals surface area (Å²) in [6, 6.07) is 0.699. The van der Waals surface area contributed by atoms with Gasteiger partial charge in [-0.15, -0.1) is 0 Å². The first-order valence-electron chi connectivity index (χ1n) is 8.24. The molecule has 1 spiro atoms. The zero-order valence-electron chi connectivity index (χ0n) is 13.1. The Bertz CT molecular complexity index is 261. The van der Waals surface area contributed by atoms with E-state index >= 15 is 0 Å². The largest absolute Gasteiger partial charge is 0.311 e. The topological polar surface area (TPSA) is 15.3 Å². The second-order valence-electron chi connectivity index (χ2n) is 6.66. The van der Waals surface area contributed by atoms with Gasteiger partial charge < -0.3 is 5.32 Å². The third-order valence-corrected chi connectivity index (χ3v) is 6.03. The summed E-state index contributed by atoms with van der Waals surface area (Å²) in [5.74, 6) is 3.36. The highest BCUT2D eigenvalue weighted by Gasteiger charge is 2.43. The number of rotatable bonds is 6. The second kappa shape index (κ2) is 7.33. The van der Waals surface area contributed by atoms with Gasteiger partial charge in [0, 0.05) is 24.7 Å². The average molecular weight is 285 g/mol. The van der Waals surface area contributed by atoms with E-state index in [0.717, 1.165) is 5.92 Å². The third kappa shape index (κ3) is 3.89. The molecule has 2 fully saturated rings. The number of hydrogen-bond acceptors (Lipinski definition) is 3. The molecule has 0 aromatic heterocycles. The number of thioether (sulfide) groups is 1. The average Bonchev–Trinajstić information content (AvgIpc) is 2.86. The van der Waals surface area contributed by atoms with E-state index in [1.54, 1.807) is 0 Å². The molecular weight excluding hydrogens is 252 g/mol. The lowest BCUT2D eigenvalue weighted by molar-refractivity contribution is 0.0334. The standard InChI is InChI=1S/C16H32N2S/c1-4-19-11-7-10-18-12-15(14(2)3)17-13-16(18)8-5-6-9-16/h14-15,17H,4-13H2,1-3H3. The fourth-order valence-electron chi connectivity index (χ4n) is 3.73. The van der Waals surface area contributed by atoms with Crippen LogP contribution in [0, 0.1) is 5.92 Å². The Kier molecular flexibility index (Phi) is 6.04. The van der Waals surface area contributed by atoms with E-state index in [1.165, 1.54) is 63.2 Å². The molecule has 2 nitrogen and oxygen atoms in total. The molecule has 1 unspecified atom stereocenters. The van der Waals surface area contributed by atoms with Gasteiger partial charge in [0.1, 0.15) is 0 Å². The van der Waals surface area contributed by atoms with Gasteiger partial charge in [0.2, 0.25) is 0 Å². The van der Waals surface area contributed by atoms with Crippen LogP contribution >= 0.6 is 11.8 Å². The van der Waals surface area contributed by atoms with E-state index in [1.807, 2.05) is 0 Å². The van der Waals surface area contributed by atoms with Crippen LogP contribution in [0.2, 0.25) is 0 Å². The van der Waals surface area contributed by atoms with Gasteiger partial charge in [0.25, 0.3) is 0 Å². The maximum Gasteiger partial charge on any atom is 0.0334 e. The van der Waals surface area contributed by atoms with E-state index < -0.39 is 0 Å². The van der Waals surface area contributed by atoms with E-state index in [9.17, 15) is 0 Å². The van der Waals surface area contributed by atoms with Crippen molar-refractivity contribution in [1.82, 2.24) is 10.2 Å². The van der Waals surface area contributed by atoms with Gasteiger partial charge in [-0.3, -0.25) is 4.90 Å². The molecule has 0 aromatic carbocycles. The van der Waals surface area contributed by atoms with Crippen molar-refractivity contribution in [3.8, 4) is 0 Å². The molecule has 1 aliphatic carbocycles. The zero-order chi connectivity index (χ0) is 13.7. The van der Waals surface area contributed by atoms with Crippen LogP contribution < -0.4 is 5.32 Å². The molecule has 0 bridgehead atoms. The Morgan fingerprint density at radius 1 is 1.32 bits per heavy atom. The predicted molar refractivity (Wildman–Crippen MR) is 87.0 cm³/mol. The summed E-state index contributed by atoms with van der Waals surface area (Å²) in [5.41, 5.74) is 0.516. The second-order valence-corrected chi connectivity index (χ2v) is 8.05. The maximum atomic E-state index is 3.84. The zero-order valence-corrected chi connectivity index (χ0v) is 13.9. The molecule has 19 heavy (non-hydrogen) atoms. The van der Waals surface area contributed by atoms with Gasteiger partial charge in [-0.25, -0.2) is 0 Å². The Balaban J connectivity index is 1.91. The third-order valence-electron chi connectivity index (χ3n) is 5.04. The summed E-state index contributed by atoms with van der Waals surface area (Å²) in [6.07, 6.45) is 7.09. The van der Waals surface area contributed by atoms with Gasteiger partial charge in [-0.2, -0.15) is 11.8 Å². The van der Waals surface area contributed by atoms with Crippen LogP contribution in [0.5, 0.6) is 0 Å². The van der Waals surface area contributed by atoms with Crippen molar-refractivity contribution in [3.63, 3.8) is 0 Å². The van der Waals surface area contributed by atoms with E-state index in [2.05, 4.69) is 42.7 Å². The monoisotopic (exact) mass is 284 g/mol. The van der Waals surface area contributed by atoms with Crippen LogP contribution in [0.4, 0.5) is 0 Å². The van der Waals surface area contributed by atoms with Gasteiger partial charge in [0.15, 0.2) is 0 Å². The summed E-state index contributed by atoms with van der Waals surface area (Å²) in [5, 5.41) is 3.84. The van der Waals surface area contributed by atoms with Crippen molar-refractivity contribution in [2.45, 2.75) is 64.5 Å². The predicted octanol–water partition coefficient (Wildman–Crippen LogP) is 3.37. The SMILES string of the molecule is CCSCCCN1CC(C(C)C)NCC12CCCC2. The van der Waals surface area contributed by atoms with Gasteiger partial charge in [-0.05, 0) is 43.2 Å². The first-order valence-corrected chi connectivity index (χ1v) is 9.39. The number of nitrogens with one attached hydrogen (secondary N) is 1. The summed E-state index contributed by atoms with van der Waals surface area (Å²) in [6.45, 7) is 10.8. The molecule has 1 N–H and O–H groups in total. The first kappa shape index (κ1) is 15.7. The molecule has 112 valence electrons. The van der Waals surface area contributed by atoms with Crippen LogP contribution in [0.25, 0.3) is 0 Å². The normalized spacial score (nSPS) is 27.5. The number of hydrogen-bond donors (Lipinski definition) is 1. The van der Waals surface area contributed by atoms with Gasteiger partial charge in [-0.1, -0.05) is 33.6 Å². The van der Waals surface area contributed by atoms with Gasteiger partial charge in [0.05, 0.1) is 0 Å². The lowest BCUT2D eigenvalue weighted by atomic mass is 9.88. The molecule has 2 aliphatic rings. The Morgan fingerprint density at radius 2 is 2.05 bits per heavy atom. The minimum atomic E-state index is 0.516. The molecule has 2 rings (SSSR count).